The van der Waals surface area contributed by atoms with Crippen molar-refractivity contribution in [1.82, 2.24) is 4.98 Å². The molecule has 128 valence electrons. The van der Waals surface area contributed by atoms with E-state index in [1.54, 1.807) is 18.3 Å². The number of benzene rings is 1. The highest BCUT2D eigenvalue weighted by molar-refractivity contribution is 7.90. The molecule has 1 aliphatic rings. The van der Waals surface area contributed by atoms with E-state index in [1.807, 2.05) is 6.07 Å². The molecule has 1 fully saturated rings. The van der Waals surface area contributed by atoms with Crippen LogP contribution in [0.4, 0.5) is 5.69 Å². The third-order valence-corrected chi connectivity index (χ3v) is 5.07. The van der Waals surface area contributed by atoms with E-state index < -0.39 is 9.84 Å². The first-order valence-electron chi connectivity index (χ1n) is 7.72. The topological polar surface area (TPSA) is 91.5 Å². The molecule has 6 nitrogen and oxygen atoms in total. The Bertz CT molecular complexity index is 813. The van der Waals surface area contributed by atoms with Gasteiger partial charge in [0.05, 0.1) is 16.8 Å². The molecule has 0 radical (unpaired) electrons. The zero-order chi connectivity index (χ0) is 17.2. The van der Waals surface area contributed by atoms with E-state index in [0.717, 1.165) is 31.6 Å². The average Bonchev–Trinajstić information content (AvgIpc) is 3.03. The van der Waals surface area contributed by atoms with Crippen LogP contribution in [0.2, 0.25) is 0 Å². The van der Waals surface area contributed by atoms with Gasteiger partial charge in [0.2, 0.25) is 5.88 Å². The van der Waals surface area contributed by atoms with E-state index in [9.17, 15) is 8.42 Å². The van der Waals surface area contributed by atoms with Gasteiger partial charge >= 0.3 is 0 Å². The van der Waals surface area contributed by atoms with E-state index in [0.29, 0.717) is 23.2 Å². The van der Waals surface area contributed by atoms with Crippen molar-refractivity contribution in [3.63, 3.8) is 0 Å². The molecule has 24 heavy (non-hydrogen) atoms. The fourth-order valence-electron chi connectivity index (χ4n) is 2.68. The second-order valence-corrected chi connectivity index (χ2v) is 8.03. The lowest BCUT2D eigenvalue weighted by molar-refractivity contribution is 0.185. The van der Waals surface area contributed by atoms with E-state index in [1.165, 1.54) is 18.4 Å². The lowest BCUT2D eigenvalue weighted by Gasteiger charge is -2.13. The highest BCUT2D eigenvalue weighted by Gasteiger charge is 2.19. The van der Waals surface area contributed by atoms with Gasteiger partial charge in [-0.2, -0.15) is 0 Å². The second kappa shape index (κ2) is 6.78. The lowest BCUT2D eigenvalue weighted by Crippen LogP contribution is -2.06. The number of nitrogens with zero attached hydrogens (tertiary/aromatic N) is 1. The minimum atomic E-state index is -3.22. The fourth-order valence-corrected chi connectivity index (χ4v) is 3.31. The van der Waals surface area contributed by atoms with Crippen LogP contribution >= 0.6 is 0 Å². The summed E-state index contributed by atoms with van der Waals surface area (Å²) in [5.41, 5.74) is 7.36. The van der Waals surface area contributed by atoms with Crippen molar-refractivity contribution >= 4 is 15.5 Å². The zero-order valence-corrected chi connectivity index (χ0v) is 14.3. The van der Waals surface area contributed by atoms with Crippen molar-refractivity contribution in [3.05, 3.63) is 42.1 Å². The van der Waals surface area contributed by atoms with Crippen LogP contribution in [0.1, 0.15) is 12.0 Å². The summed E-state index contributed by atoms with van der Waals surface area (Å²) in [6.45, 7) is 1.51. The molecule has 1 aliphatic heterocycles. The molecule has 0 spiro atoms. The van der Waals surface area contributed by atoms with Crippen LogP contribution in [0, 0.1) is 5.92 Å². The van der Waals surface area contributed by atoms with Crippen molar-refractivity contribution in [3.8, 4) is 11.6 Å². The maximum absolute atomic E-state index is 11.5. The molecule has 0 aliphatic carbocycles. The number of nitrogens with two attached hydrogens (primary N) is 1. The monoisotopic (exact) mass is 348 g/mol. The number of rotatable bonds is 5. The zero-order valence-electron chi connectivity index (χ0n) is 13.4. The Labute approximate surface area is 141 Å². The number of anilines is 1. The van der Waals surface area contributed by atoms with Gasteiger partial charge < -0.3 is 15.2 Å². The minimum Gasteiger partial charge on any atom is -0.439 e. The van der Waals surface area contributed by atoms with Crippen LogP contribution in [-0.2, 0) is 21.0 Å². The third kappa shape index (κ3) is 4.04. The molecule has 0 amide bonds. The number of aromatic nitrogens is 1. The molecular weight excluding hydrogens is 328 g/mol. The first kappa shape index (κ1) is 16.7. The summed E-state index contributed by atoms with van der Waals surface area (Å²) in [6, 6.07) is 8.15. The van der Waals surface area contributed by atoms with Crippen LogP contribution in [-0.4, -0.2) is 32.9 Å². The largest absolute Gasteiger partial charge is 0.439 e. The summed E-state index contributed by atoms with van der Waals surface area (Å²) in [5.74, 6) is 1.45. The molecule has 1 saturated heterocycles. The summed E-state index contributed by atoms with van der Waals surface area (Å²) in [6.07, 6.45) is 4.52. The number of sulfone groups is 1. The SMILES string of the molecule is CS(=O)(=O)c1ccc(Oc2ncc(N)cc2CC2CCOC2)cc1. The van der Waals surface area contributed by atoms with Crippen LogP contribution in [0.5, 0.6) is 11.6 Å². The maximum atomic E-state index is 11.5. The van der Waals surface area contributed by atoms with Gasteiger partial charge in [-0.05, 0) is 49.1 Å². The van der Waals surface area contributed by atoms with E-state index >= 15 is 0 Å². The van der Waals surface area contributed by atoms with E-state index in [4.69, 9.17) is 15.2 Å². The molecule has 7 heteroatoms. The van der Waals surface area contributed by atoms with Crippen molar-refractivity contribution in [2.24, 2.45) is 5.92 Å². The Morgan fingerprint density at radius 2 is 2.08 bits per heavy atom. The van der Waals surface area contributed by atoms with Gasteiger partial charge in [-0.1, -0.05) is 0 Å². The number of ether oxygens (including phenoxy) is 2. The van der Waals surface area contributed by atoms with Crippen molar-refractivity contribution < 1.29 is 17.9 Å². The Kier molecular flexibility index (Phi) is 4.73. The summed E-state index contributed by atoms with van der Waals surface area (Å²) < 4.78 is 34.3. The fraction of sp³-hybridized carbons (Fsp3) is 0.353. The Morgan fingerprint density at radius 3 is 2.71 bits per heavy atom. The number of hydrogen-bond donors (Lipinski definition) is 1. The molecular formula is C17H20N2O4S. The normalized spacial score (nSPS) is 17.8. The van der Waals surface area contributed by atoms with Gasteiger partial charge in [-0.15, -0.1) is 0 Å². The van der Waals surface area contributed by atoms with Gasteiger partial charge in [0.1, 0.15) is 5.75 Å². The Morgan fingerprint density at radius 1 is 1.33 bits per heavy atom. The average molecular weight is 348 g/mol. The molecule has 0 bridgehead atoms. The van der Waals surface area contributed by atoms with Crippen LogP contribution in [0.25, 0.3) is 0 Å². The standard InChI is InChI=1S/C17H20N2O4S/c1-24(20,21)16-4-2-15(3-5-16)23-17-13(9-14(18)10-19-17)8-12-6-7-22-11-12/h2-5,9-10,12H,6-8,11,18H2,1H3. The summed E-state index contributed by atoms with van der Waals surface area (Å²) in [4.78, 5) is 4.53. The molecule has 1 atom stereocenters. The molecule has 2 heterocycles. The predicted molar refractivity (Wildman–Crippen MR) is 90.9 cm³/mol. The quantitative estimate of drug-likeness (QED) is 0.892. The molecule has 0 saturated carbocycles. The summed E-state index contributed by atoms with van der Waals surface area (Å²) in [7, 11) is -3.22. The molecule has 1 aromatic heterocycles. The second-order valence-electron chi connectivity index (χ2n) is 6.01. The van der Waals surface area contributed by atoms with E-state index in [2.05, 4.69) is 4.98 Å². The Balaban J connectivity index is 1.81. The van der Waals surface area contributed by atoms with Gasteiger partial charge in [-0.3, -0.25) is 0 Å². The molecule has 1 aromatic carbocycles. The summed E-state index contributed by atoms with van der Waals surface area (Å²) in [5, 5.41) is 0. The van der Waals surface area contributed by atoms with E-state index in [-0.39, 0.29) is 4.90 Å². The van der Waals surface area contributed by atoms with Gasteiger partial charge in [0, 0.05) is 25.0 Å². The van der Waals surface area contributed by atoms with Crippen molar-refractivity contribution in [1.29, 1.82) is 0 Å². The first-order valence-corrected chi connectivity index (χ1v) is 9.61. The summed E-state index contributed by atoms with van der Waals surface area (Å²) >= 11 is 0. The Hall–Kier alpha value is -2.12. The smallest absolute Gasteiger partial charge is 0.222 e. The van der Waals surface area contributed by atoms with Crippen molar-refractivity contribution in [2.75, 3.05) is 25.2 Å². The van der Waals surface area contributed by atoms with Crippen LogP contribution in [0.3, 0.4) is 0 Å². The lowest BCUT2D eigenvalue weighted by atomic mass is 9.99. The molecule has 1 unspecified atom stereocenters. The van der Waals surface area contributed by atoms with Gasteiger partial charge in [0.25, 0.3) is 0 Å². The highest BCUT2D eigenvalue weighted by atomic mass is 32.2. The third-order valence-electron chi connectivity index (χ3n) is 3.95. The van der Waals surface area contributed by atoms with Crippen LogP contribution < -0.4 is 10.5 Å². The molecule has 2 N–H and O–H groups in total. The number of nitrogen functional groups attached to an aromatic ring is 1. The first-order chi connectivity index (χ1) is 11.4. The van der Waals surface area contributed by atoms with Gasteiger partial charge in [0.15, 0.2) is 9.84 Å². The molecule has 2 aromatic rings. The van der Waals surface area contributed by atoms with Crippen molar-refractivity contribution in [2.45, 2.75) is 17.7 Å². The van der Waals surface area contributed by atoms with Gasteiger partial charge in [-0.25, -0.2) is 13.4 Å². The number of pyridine rings is 1. The molecule has 3 rings (SSSR count). The maximum Gasteiger partial charge on any atom is 0.222 e. The highest BCUT2D eigenvalue weighted by Crippen LogP contribution is 2.29. The van der Waals surface area contributed by atoms with Crippen LogP contribution in [0.15, 0.2) is 41.4 Å². The predicted octanol–water partition coefficient (Wildman–Crippen LogP) is 2.44. The minimum absolute atomic E-state index is 0.253. The number of hydrogen-bond acceptors (Lipinski definition) is 6.